The van der Waals surface area contributed by atoms with Crippen molar-refractivity contribution in [3.63, 3.8) is 0 Å². The van der Waals surface area contributed by atoms with E-state index in [2.05, 4.69) is 53.0 Å². The summed E-state index contributed by atoms with van der Waals surface area (Å²) in [7, 11) is 0. The number of aromatic nitrogens is 2. The van der Waals surface area contributed by atoms with Gasteiger partial charge in [0.2, 0.25) is 5.91 Å². The largest absolute Gasteiger partial charge is 0.381 e. The molecule has 0 aliphatic carbocycles. The fourth-order valence-electron chi connectivity index (χ4n) is 3.21. The Hall–Kier alpha value is -2.63. The van der Waals surface area contributed by atoms with Crippen molar-refractivity contribution in [2.45, 2.75) is 33.1 Å². The topological polar surface area (TPSA) is 75.4 Å². The molecule has 6 heteroatoms. The highest BCUT2D eigenvalue weighted by Gasteiger charge is 2.23. The highest BCUT2D eigenvalue weighted by atomic mass is 16.2. The number of hydrogen-bond acceptors (Lipinski definition) is 5. The molecule has 26 heavy (non-hydrogen) atoms. The first-order valence-electron chi connectivity index (χ1n) is 9.14. The lowest BCUT2D eigenvalue weighted by Crippen LogP contribution is -2.49. The van der Waals surface area contributed by atoms with Gasteiger partial charge in [0.1, 0.15) is 0 Å². The van der Waals surface area contributed by atoms with E-state index in [1.54, 1.807) is 6.20 Å². The molecule has 1 fully saturated rings. The van der Waals surface area contributed by atoms with E-state index in [1.807, 2.05) is 11.8 Å². The van der Waals surface area contributed by atoms with Gasteiger partial charge in [0, 0.05) is 26.2 Å². The first-order chi connectivity index (χ1) is 12.4. The number of anilines is 2. The van der Waals surface area contributed by atoms with Crippen LogP contribution in [0.2, 0.25) is 0 Å². The molecule has 2 heterocycles. The summed E-state index contributed by atoms with van der Waals surface area (Å²) in [6.45, 7) is 9.02. The van der Waals surface area contributed by atoms with Gasteiger partial charge in [-0.25, -0.2) is 9.97 Å². The Morgan fingerprint density at radius 2 is 1.81 bits per heavy atom. The summed E-state index contributed by atoms with van der Waals surface area (Å²) in [5, 5.41) is 0. The summed E-state index contributed by atoms with van der Waals surface area (Å²) in [5.41, 5.74) is 9.16. The van der Waals surface area contributed by atoms with Crippen molar-refractivity contribution < 1.29 is 4.79 Å². The van der Waals surface area contributed by atoms with E-state index in [4.69, 9.17) is 5.73 Å². The molecular formula is C20H27N5O. The molecule has 138 valence electrons. The van der Waals surface area contributed by atoms with E-state index in [0.717, 1.165) is 24.3 Å². The van der Waals surface area contributed by atoms with Crippen LogP contribution in [0, 0.1) is 6.92 Å². The van der Waals surface area contributed by atoms with Crippen LogP contribution in [0.4, 0.5) is 11.6 Å². The number of nitrogen functional groups attached to an aromatic ring is 1. The summed E-state index contributed by atoms with van der Waals surface area (Å²) in [6, 6.07) is 8.35. The lowest BCUT2D eigenvalue weighted by molar-refractivity contribution is -0.130. The van der Waals surface area contributed by atoms with Crippen molar-refractivity contribution in [2.75, 3.05) is 36.8 Å². The minimum absolute atomic E-state index is 0.171. The fourth-order valence-corrected chi connectivity index (χ4v) is 3.21. The van der Waals surface area contributed by atoms with E-state index in [-0.39, 0.29) is 5.91 Å². The van der Waals surface area contributed by atoms with Crippen LogP contribution >= 0.6 is 0 Å². The average Bonchev–Trinajstić information content (AvgIpc) is 2.62. The van der Waals surface area contributed by atoms with Gasteiger partial charge in [-0.3, -0.25) is 4.79 Å². The second-order valence-corrected chi connectivity index (χ2v) is 7.16. The van der Waals surface area contributed by atoms with Crippen molar-refractivity contribution in [3.8, 4) is 0 Å². The molecule has 0 atom stereocenters. The molecule has 1 saturated heterocycles. The SMILES string of the molecule is Cc1cnc(N2CCN(C(=O)Cc3ccc(C(C)C)cc3)CC2)c(N)n1. The predicted octanol–water partition coefficient (Wildman–Crippen LogP) is 2.38. The van der Waals surface area contributed by atoms with Crippen LogP contribution < -0.4 is 10.6 Å². The summed E-state index contributed by atoms with van der Waals surface area (Å²) >= 11 is 0. The highest BCUT2D eigenvalue weighted by Crippen LogP contribution is 2.20. The third kappa shape index (κ3) is 4.12. The molecule has 6 nitrogen and oxygen atoms in total. The Balaban J connectivity index is 1.56. The molecule has 1 aliphatic heterocycles. The molecule has 0 spiro atoms. The van der Waals surface area contributed by atoms with E-state index in [9.17, 15) is 4.79 Å². The third-order valence-electron chi connectivity index (χ3n) is 4.83. The lowest BCUT2D eigenvalue weighted by Gasteiger charge is -2.35. The minimum Gasteiger partial charge on any atom is -0.381 e. The first kappa shape index (κ1) is 18.2. The van der Waals surface area contributed by atoms with E-state index >= 15 is 0 Å². The standard InChI is InChI=1S/C20H27N5O/c1-14(2)17-6-4-16(5-7-17)12-18(26)24-8-10-25(11-9-24)20-19(21)23-15(3)13-22-20/h4-7,13-14H,8-12H2,1-3H3,(H2,21,23). The van der Waals surface area contributed by atoms with Gasteiger partial charge in [0.25, 0.3) is 0 Å². The maximum Gasteiger partial charge on any atom is 0.227 e. The molecule has 3 rings (SSSR count). The number of carbonyl (C=O) groups excluding carboxylic acids is 1. The number of hydrogen-bond donors (Lipinski definition) is 1. The van der Waals surface area contributed by atoms with Crippen LogP contribution in [0.5, 0.6) is 0 Å². The number of aryl methyl sites for hydroxylation is 1. The molecule has 1 aromatic carbocycles. The number of nitrogens with zero attached hydrogens (tertiary/aromatic N) is 4. The quantitative estimate of drug-likeness (QED) is 0.913. The van der Waals surface area contributed by atoms with Gasteiger partial charge in [-0.1, -0.05) is 38.1 Å². The van der Waals surface area contributed by atoms with Gasteiger partial charge in [0.15, 0.2) is 11.6 Å². The zero-order valence-corrected chi connectivity index (χ0v) is 15.8. The number of amides is 1. The van der Waals surface area contributed by atoms with Crippen LogP contribution in [-0.2, 0) is 11.2 Å². The monoisotopic (exact) mass is 353 g/mol. The fraction of sp³-hybridized carbons (Fsp3) is 0.450. The first-order valence-corrected chi connectivity index (χ1v) is 9.14. The zero-order valence-electron chi connectivity index (χ0n) is 15.8. The van der Waals surface area contributed by atoms with E-state index in [1.165, 1.54) is 5.56 Å². The maximum absolute atomic E-state index is 12.6. The second kappa shape index (κ2) is 7.72. The minimum atomic E-state index is 0.171. The summed E-state index contributed by atoms with van der Waals surface area (Å²) in [6.07, 6.45) is 2.18. The average molecular weight is 353 g/mol. The molecule has 2 aromatic rings. The molecule has 1 aliphatic rings. The number of rotatable bonds is 4. The van der Waals surface area contributed by atoms with Gasteiger partial charge in [-0.2, -0.15) is 0 Å². The highest BCUT2D eigenvalue weighted by molar-refractivity contribution is 5.79. The Kier molecular flexibility index (Phi) is 5.40. The number of nitrogens with two attached hydrogens (primary N) is 1. The van der Waals surface area contributed by atoms with Crippen molar-refractivity contribution in [3.05, 3.63) is 47.3 Å². The van der Waals surface area contributed by atoms with Gasteiger partial charge in [-0.05, 0) is 24.0 Å². The van der Waals surface area contributed by atoms with E-state index < -0.39 is 0 Å². The molecule has 0 radical (unpaired) electrons. The summed E-state index contributed by atoms with van der Waals surface area (Å²) in [5.74, 6) is 1.84. The molecule has 1 aromatic heterocycles. The predicted molar refractivity (Wildman–Crippen MR) is 104 cm³/mol. The van der Waals surface area contributed by atoms with Crippen molar-refractivity contribution >= 4 is 17.5 Å². The normalized spacial score (nSPS) is 14.8. The van der Waals surface area contributed by atoms with Crippen molar-refractivity contribution in [2.24, 2.45) is 0 Å². The van der Waals surface area contributed by atoms with Gasteiger partial charge in [0.05, 0.1) is 18.3 Å². The molecular weight excluding hydrogens is 326 g/mol. The summed E-state index contributed by atoms with van der Waals surface area (Å²) in [4.78, 5) is 25.3. The smallest absolute Gasteiger partial charge is 0.227 e. The van der Waals surface area contributed by atoms with Crippen LogP contribution in [-0.4, -0.2) is 47.0 Å². The van der Waals surface area contributed by atoms with Crippen LogP contribution in [0.25, 0.3) is 0 Å². The molecule has 0 unspecified atom stereocenters. The number of benzene rings is 1. The molecule has 1 amide bonds. The Labute approximate surface area is 155 Å². The van der Waals surface area contributed by atoms with Crippen molar-refractivity contribution in [1.82, 2.24) is 14.9 Å². The van der Waals surface area contributed by atoms with Gasteiger partial charge >= 0.3 is 0 Å². The second-order valence-electron chi connectivity index (χ2n) is 7.16. The Morgan fingerprint density at radius 3 is 2.38 bits per heavy atom. The van der Waals surface area contributed by atoms with Crippen LogP contribution in [0.15, 0.2) is 30.5 Å². The Morgan fingerprint density at radius 1 is 1.15 bits per heavy atom. The van der Waals surface area contributed by atoms with Crippen LogP contribution in [0.3, 0.4) is 0 Å². The van der Waals surface area contributed by atoms with Crippen molar-refractivity contribution in [1.29, 1.82) is 0 Å². The molecule has 0 saturated carbocycles. The number of piperazine rings is 1. The zero-order chi connectivity index (χ0) is 18.7. The maximum atomic E-state index is 12.6. The van der Waals surface area contributed by atoms with E-state index in [0.29, 0.717) is 37.1 Å². The molecule has 2 N–H and O–H groups in total. The van der Waals surface area contributed by atoms with Crippen LogP contribution in [0.1, 0.15) is 36.6 Å². The van der Waals surface area contributed by atoms with Gasteiger partial charge in [-0.15, -0.1) is 0 Å². The van der Waals surface area contributed by atoms with Gasteiger partial charge < -0.3 is 15.5 Å². The summed E-state index contributed by atoms with van der Waals surface area (Å²) < 4.78 is 0. The third-order valence-corrected chi connectivity index (χ3v) is 4.83. The number of carbonyl (C=O) groups is 1. The lowest BCUT2D eigenvalue weighted by atomic mass is 10.0. The Bertz CT molecular complexity index is 764. The molecule has 0 bridgehead atoms.